The fraction of sp³-hybridized carbons (Fsp3) is 0.462. The Morgan fingerprint density at radius 1 is 1.43 bits per heavy atom. The molecule has 2 rings (SSSR count). The number of anilines is 1. The zero-order valence-electron chi connectivity index (χ0n) is 12.7. The molecular weight excluding hydrogens is 268 g/mol. The number of hydrazone groups is 1. The number of hydrogen-bond donors (Lipinski definition) is 3. The van der Waals surface area contributed by atoms with Crippen molar-refractivity contribution in [3.05, 3.63) is 23.7 Å². The highest BCUT2D eigenvalue weighted by atomic mass is 15.6. The van der Waals surface area contributed by atoms with Crippen molar-refractivity contribution in [2.24, 2.45) is 16.7 Å². The average Bonchev–Trinajstić information content (AvgIpc) is 2.47. The van der Waals surface area contributed by atoms with Gasteiger partial charge in [-0.3, -0.25) is 4.98 Å². The van der Waals surface area contributed by atoms with Crippen LogP contribution < -0.4 is 16.9 Å². The summed E-state index contributed by atoms with van der Waals surface area (Å²) in [5, 5.41) is 8.21. The van der Waals surface area contributed by atoms with E-state index in [4.69, 9.17) is 11.6 Å². The molecule has 2 heterocycles. The Hall–Kier alpha value is -2.35. The van der Waals surface area contributed by atoms with E-state index in [0.29, 0.717) is 12.5 Å². The van der Waals surface area contributed by atoms with Gasteiger partial charge in [-0.1, -0.05) is 5.57 Å². The Morgan fingerprint density at radius 2 is 2.19 bits per heavy atom. The summed E-state index contributed by atoms with van der Waals surface area (Å²) in [6.07, 6.45) is 4.41. The summed E-state index contributed by atoms with van der Waals surface area (Å²) in [6, 6.07) is 0. The van der Waals surface area contributed by atoms with Crippen molar-refractivity contribution >= 4 is 17.4 Å². The highest BCUT2D eigenvalue weighted by Crippen LogP contribution is 2.24. The standard InChI is InChI=1S/C13H22N8/c1-9-4-5-21(13(14)19-20(3)15)8-10(9)11-6-18-12(16-2)7-17-11/h6-7H,4-5,8,15H2,1-3H3,(H2,14,19)(H,16,18). The van der Waals surface area contributed by atoms with Crippen LogP contribution in [0.5, 0.6) is 0 Å². The molecule has 21 heavy (non-hydrogen) atoms. The smallest absolute Gasteiger partial charge is 0.215 e. The molecule has 0 spiro atoms. The van der Waals surface area contributed by atoms with E-state index >= 15 is 0 Å². The Balaban J connectivity index is 2.21. The maximum absolute atomic E-state index is 5.97. The third-order valence-corrected chi connectivity index (χ3v) is 3.42. The van der Waals surface area contributed by atoms with Gasteiger partial charge < -0.3 is 16.0 Å². The molecule has 0 aromatic carbocycles. The third kappa shape index (κ3) is 3.60. The molecule has 0 saturated carbocycles. The van der Waals surface area contributed by atoms with E-state index in [1.165, 1.54) is 10.7 Å². The molecule has 1 aliphatic rings. The molecule has 0 amide bonds. The number of rotatable bonds is 3. The average molecular weight is 290 g/mol. The number of aromatic nitrogens is 2. The van der Waals surface area contributed by atoms with Gasteiger partial charge >= 0.3 is 0 Å². The van der Waals surface area contributed by atoms with Crippen molar-refractivity contribution in [1.82, 2.24) is 20.0 Å². The van der Waals surface area contributed by atoms with Crippen LogP contribution in [0.15, 0.2) is 23.1 Å². The van der Waals surface area contributed by atoms with E-state index in [0.717, 1.165) is 30.1 Å². The van der Waals surface area contributed by atoms with Gasteiger partial charge in [-0.25, -0.2) is 15.9 Å². The minimum absolute atomic E-state index is 0.407. The third-order valence-electron chi connectivity index (χ3n) is 3.42. The lowest BCUT2D eigenvalue weighted by Gasteiger charge is -2.30. The summed E-state index contributed by atoms with van der Waals surface area (Å²) in [4.78, 5) is 10.7. The maximum atomic E-state index is 5.97. The molecule has 1 aromatic heterocycles. The lowest BCUT2D eigenvalue weighted by atomic mass is 9.99. The van der Waals surface area contributed by atoms with E-state index in [-0.39, 0.29) is 0 Å². The summed E-state index contributed by atoms with van der Waals surface area (Å²) in [5.74, 6) is 6.66. The predicted octanol–water partition coefficient (Wildman–Crippen LogP) is 0.0327. The van der Waals surface area contributed by atoms with Crippen LogP contribution in [-0.2, 0) is 0 Å². The molecule has 0 radical (unpaired) electrons. The normalized spacial score (nSPS) is 16.2. The molecule has 0 atom stereocenters. The molecule has 8 heteroatoms. The number of guanidine groups is 1. The van der Waals surface area contributed by atoms with Crippen molar-refractivity contribution in [3.8, 4) is 0 Å². The molecule has 0 unspecified atom stereocenters. The summed E-state index contributed by atoms with van der Waals surface area (Å²) < 4.78 is 0. The number of nitrogens with zero attached hydrogens (tertiary/aromatic N) is 5. The van der Waals surface area contributed by atoms with Gasteiger partial charge in [0.05, 0.1) is 18.1 Å². The van der Waals surface area contributed by atoms with Crippen LogP contribution in [0.1, 0.15) is 19.0 Å². The van der Waals surface area contributed by atoms with E-state index < -0.39 is 0 Å². The highest BCUT2D eigenvalue weighted by Gasteiger charge is 2.20. The van der Waals surface area contributed by atoms with Crippen LogP contribution in [0.2, 0.25) is 0 Å². The zero-order chi connectivity index (χ0) is 15.4. The molecule has 1 aliphatic heterocycles. The molecule has 5 N–H and O–H groups in total. The van der Waals surface area contributed by atoms with Crippen LogP contribution in [0, 0.1) is 0 Å². The Morgan fingerprint density at radius 3 is 2.76 bits per heavy atom. The Kier molecular flexibility index (Phi) is 4.59. The molecule has 114 valence electrons. The fourth-order valence-corrected chi connectivity index (χ4v) is 2.19. The van der Waals surface area contributed by atoms with Gasteiger partial charge in [0.25, 0.3) is 0 Å². The van der Waals surface area contributed by atoms with Crippen LogP contribution in [0.4, 0.5) is 5.82 Å². The van der Waals surface area contributed by atoms with Gasteiger partial charge in [0.2, 0.25) is 5.96 Å². The Labute approximate surface area is 124 Å². The summed E-state index contributed by atoms with van der Waals surface area (Å²) in [6.45, 7) is 3.59. The SMILES string of the molecule is CNc1cnc(C2=C(C)CCN(/C(N)=N/N(C)N)C2)cn1. The Bertz CT molecular complexity index is 546. The van der Waals surface area contributed by atoms with Gasteiger partial charge in [0.15, 0.2) is 0 Å². The first-order valence-corrected chi connectivity index (χ1v) is 6.77. The molecule has 0 bridgehead atoms. The van der Waals surface area contributed by atoms with Crippen LogP contribution in [0.3, 0.4) is 0 Å². The first-order chi connectivity index (χ1) is 10.0. The minimum Gasteiger partial charge on any atom is -0.372 e. The van der Waals surface area contributed by atoms with Gasteiger partial charge in [0.1, 0.15) is 5.82 Å². The second-order valence-electron chi connectivity index (χ2n) is 5.00. The van der Waals surface area contributed by atoms with Crippen molar-refractivity contribution in [3.63, 3.8) is 0 Å². The van der Waals surface area contributed by atoms with E-state index in [1.54, 1.807) is 19.4 Å². The number of nitrogens with two attached hydrogens (primary N) is 2. The van der Waals surface area contributed by atoms with Crippen molar-refractivity contribution in [2.75, 3.05) is 32.5 Å². The number of nitrogens with one attached hydrogen (secondary N) is 1. The van der Waals surface area contributed by atoms with Crippen molar-refractivity contribution < 1.29 is 0 Å². The summed E-state index contributed by atoms with van der Waals surface area (Å²) in [5.41, 5.74) is 9.26. The van der Waals surface area contributed by atoms with Gasteiger partial charge in [-0.05, 0) is 18.9 Å². The van der Waals surface area contributed by atoms with Crippen LogP contribution in [0.25, 0.3) is 5.57 Å². The molecule has 1 aromatic rings. The van der Waals surface area contributed by atoms with E-state index in [1.807, 2.05) is 11.9 Å². The largest absolute Gasteiger partial charge is 0.372 e. The van der Waals surface area contributed by atoms with Crippen molar-refractivity contribution in [2.45, 2.75) is 13.3 Å². The fourth-order valence-electron chi connectivity index (χ4n) is 2.19. The summed E-state index contributed by atoms with van der Waals surface area (Å²) >= 11 is 0. The van der Waals surface area contributed by atoms with Crippen LogP contribution in [-0.4, -0.2) is 53.1 Å². The first kappa shape index (κ1) is 15.0. The quantitative estimate of drug-likeness (QED) is 0.312. The second kappa shape index (κ2) is 6.40. The highest BCUT2D eigenvalue weighted by molar-refractivity contribution is 5.81. The van der Waals surface area contributed by atoms with Gasteiger partial charge in [-0.2, -0.15) is 0 Å². The second-order valence-corrected chi connectivity index (χ2v) is 5.00. The topological polar surface area (TPSA) is 109 Å². The van der Waals surface area contributed by atoms with E-state index in [9.17, 15) is 0 Å². The monoisotopic (exact) mass is 290 g/mol. The molecule has 8 nitrogen and oxygen atoms in total. The molecule has 0 saturated heterocycles. The molecular formula is C13H22N8. The molecule has 0 fully saturated rings. The number of hydrazine groups is 1. The van der Waals surface area contributed by atoms with Gasteiger partial charge in [0, 0.05) is 27.2 Å². The van der Waals surface area contributed by atoms with Gasteiger partial charge in [-0.15, -0.1) is 5.10 Å². The zero-order valence-corrected chi connectivity index (χ0v) is 12.7. The van der Waals surface area contributed by atoms with Crippen molar-refractivity contribution in [1.29, 1.82) is 0 Å². The first-order valence-electron chi connectivity index (χ1n) is 6.77. The van der Waals surface area contributed by atoms with Crippen LogP contribution >= 0.6 is 0 Å². The lowest BCUT2D eigenvalue weighted by Crippen LogP contribution is -2.43. The lowest BCUT2D eigenvalue weighted by molar-refractivity contribution is 0.350. The minimum atomic E-state index is 0.407. The number of hydrogen-bond acceptors (Lipinski definition) is 6. The van der Waals surface area contributed by atoms with E-state index in [2.05, 4.69) is 27.3 Å². The summed E-state index contributed by atoms with van der Waals surface area (Å²) in [7, 11) is 3.46. The molecule has 0 aliphatic carbocycles. The maximum Gasteiger partial charge on any atom is 0.215 e. The predicted molar refractivity (Wildman–Crippen MR) is 83.9 cm³/mol.